The Labute approximate surface area is 105 Å². The fourth-order valence-electron chi connectivity index (χ4n) is 2.61. The van der Waals surface area contributed by atoms with Crippen LogP contribution in [0.4, 0.5) is 0 Å². The van der Waals surface area contributed by atoms with Gasteiger partial charge < -0.3 is 10.5 Å². The minimum absolute atomic E-state index is 0.235. The molecule has 2 nitrogen and oxygen atoms in total. The number of hydrogen-bond donors (Lipinski definition) is 1. The summed E-state index contributed by atoms with van der Waals surface area (Å²) in [6.07, 6.45) is 2.22. The number of benzene rings is 1. The van der Waals surface area contributed by atoms with Crippen molar-refractivity contribution < 1.29 is 4.74 Å². The first kappa shape index (κ1) is 11.2. The normalized spacial score (nSPS) is 18.2. The van der Waals surface area contributed by atoms with Crippen LogP contribution < -0.4 is 5.73 Å². The summed E-state index contributed by atoms with van der Waals surface area (Å²) >= 11 is 1.84. The first-order chi connectivity index (χ1) is 8.36. The van der Waals surface area contributed by atoms with Crippen LogP contribution in [0.15, 0.2) is 29.6 Å². The van der Waals surface area contributed by atoms with Crippen molar-refractivity contribution in [3.63, 3.8) is 0 Å². The van der Waals surface area contributed by atoms with Crippen LogP contribution in [0.25, 0.3) is 10.1 Å². The topological polar surface area (TPSA) is 35.2 Å². The molecule has 2 N–H and O–H groups in total. The Hall–Kier alpha value is -0.900. The zero-order chi connectivity index (χ0) is 11.7. The van der Waals surface area contributed by atoms with Gasteiger partial charge in [-0.3, -0.25) is 0 Å². The summed E-state index contributed by atoms with van der Waals surface area (Å²) in [4.78, 5) is 0. The zero-order valence-electron chi connectivity index (χ0n) is 9.82. The van der Waals surface area contributed by atoms with E-state index in [-0.39, 0.29) is 5.41 Å². The largest absolute Gasteiger partial charge is 0.379 e. The van der Waals surface area contributed by atoms with Crippen molar-refractivity contribution in [2.45, 2.75) is 18.3 Å². The molecule has 17 heavy (non-hydrogen) atoms. The van der Waals surface area contributed by atoms with Crippen LogP contribution >= 0.6 is 11.3 Å². The van der Waals surface area contributed by atoms with E-state index in [1.807, 2.05) is 11.3 Å². The Kier molecular flexibility index (Phi) is 2.90. The molecule has 3 heteroatoms. The molecule has 0 aliphatic carbocycles. The molecule has 0 bridgehead atoms. The van der Waals surface area contributed by atoms with Gasteiger partial charge in [0.1, 0.15) is 0 Å². The third kappa shape index (κ3) is 1.79. The Bertz CT molecular complexity index is 516. The fraction of sp³-hybridized carbons (Fsp3) is 0.429. The molecule has 90 valence electrons. The summed E-state index contributed by atoms with van der Waals surface area (Å²) in [5.74, 6) is 0. The molecular formula is C14H17NOS. The zero-order valence-corrected chi connectivity index (χ0v) is 10.6. The summed E-state index contributed by atoms with van der Waals surface area (Å²) < 4.78 is 6.85. The maximum absolute atomic E-state index is 5.64. The second kappa shape index (κ2) is 4.41. The molecule has 1 aliphatic heterocycles. The fourth-order valence-corrected chi connectivity index (χ4v) is 3.70. The Morgan fingerprint density at radius 2 is 2.12 bits per heavy atom. The van der Waals surface area contributed by atoms with Gasteiger partial charge in [-0.25, -0.2) is 0 Å². The SMILES string of the molecule is NCCCC1(c2csc3ccccc23)COC1. The molecule has 1 aromatic heterocycles. The van der Waals surface area contributed by atoms with E-state index in [4.69, 9.17) is 10.5 Å². The van der Waals surface area contributed by atoms with Crippen LogP contribution in [-0.4, -0.2) is 19.8 Å². The van der Waals surface area contributed by atoms with Crippen LogP contribution in [0.5, 0.6) is 0 Å². The quantitative estimate of drug-likeness (QED) is 0.901. The van der Waals surface area contributed by atoms with Crippen LogP contribution in [0.1, 0.15) is 18.4 Å². The number of ether oxygens (including phenoxy) is 1. The molecule has 0 radical (unpaired) electrons. The molecular weight excluding hydrogens is 230 g/mol. The van der Waals surface area contributed by atoms with Gasteiger partial charge >= 0.3 is 0 Å². The number of thiophene rings is 1. The molecule has 1 fully saturated rings. The maximum Gasteiger partial charge on any atom is 0.0586 e. The molecule has 1 aliphatic rings. The molecule has 0 amide bonds. The maximum atomic E-state index is 5.64. The molecule has 3 rings (SSSR count). The molecule has 0 spiro atoms. The number of hydrogen-bond acceptors (Lipinski definition) is 3. The number of rotatable bonds is 4. The second-order valence-corrected chi connectivity index (χ2v) is 5.72. The van der Waals surface area contributed by atoms with Crippen molar-refractivity contribution in [3.8, 4) is 0 Å². The van der Waals surface area contributed by atoms with Crippen molar-refractivity contribution in [1.82, 2.24) is 0 Å². The minimum atomic E-state index is 0.235. The summed E-state index contributed by atoms with van der Waals surface area (Å²) in [5.41, 5.74) is 7.35. The van der Waals surface area contributed by atoms with Gasteiger partial charge in [0.25, 0.3) is 0 Å². The summed E-state index contributed by atoms with van der Waals surface area (Å²) in [6.45, 7) is 2.48. The first-order valence-corrected chi connectivity index (χ1v) is 6.98. The smallest absolute Gasteiger partial charge is 0.0586 e. The van der Waals surface area contributed by atoms with Gasteiger partial charge in [0.2, 0.25) is 0 Å². The molecule has 2 aromatic rings. The summed E-state index contributed by atoms with van der Waals surface area (Å²) in [6, 6.07) is 8.64. The highest BCUT2D eigenvalue weighted by molar-refractivity contribution is 7.17. The summed E-state index contributed by atoms with van der Waals surface area (Å²) in [7, 11) is 0. The van der Waals surface area contributed by atoms with E-state index < -0.39 is 0 Å². The molecule has 0 saturated carbocycles. The monoisotopic (exact) mass is 247 g/mol. The van der Waals surface area contributed by atoms with Gasteiger partial charge in [0.15, 0.2) is 0 Å². The molecule has 2 heterocycles. The average Bonchev–Trinajstić information content (AvgIpc) is 2.73. The van der Waals surface area contributed by atoms with Crippen LogP contribution in [0, 0.1) is 0 Å². The van der Waals surface area contributed by atoms with Gasteiger partial charge in [-0.05, 0) is 41.8 Å². The Morgan fingerprint density at radius 3 is 2.82 bits per heavy atom. The molecule has 1 saturated heterocycles. The van der Waals surface area contributed by atoms with Crippen molar-refractivity contribution in [2.75, 3.05) is 19.8 Å². The van der Waals surface area contributed by atoms with Crippen molar-refractivity contribution in [3.05, 3.63) is 35.2 Å². The standard InChI is InChI=1S/C14H17NOS/c15-7-3-6-14(9-16-10-14)12-8-17-13-5-2-1-4-11(12)13/h1-2,4-5,8H,3,6-7,9-10,15H2. The Balaban J connectivity index is 2.01. The van der Waals surface area contributed by atoms with E-state index in [0.717, 1.165) is 32.6 Å². The van der Waals surface area contributed by atoms with Crippen LogP contribution in [-0.2, 0) is 10.2 Å². The van der Waals surface area contributed by atoms with Gasteiger partial charge in [0.05, 0.1) is 13.2 Å². The van der Waals surface area contributed by atoms with E-state index >= 15 is 0 Å². The predicted octanol–water partition coefficient (Wildman–Crippen LogP) is 2.91. The second-order valence-electron chi connectivity index (χ2n) is 4.81. The predicted molar refractivity (Wildman–Crippen MR) is 72.6 cm³/mol. The lowest BCUT2D eigenvalue weighted by molar-refractivity contribution is -0.0639. The van der Waals surface area contributed by atoms with Gasteiger partial charge in [-0.15, -0.1) is 11.3 Å². The van der Waals surface area contributed by atoms with Crippen LogP contribution in [0.3, 0.4) is 0 Å². The number of fused-ring (bicyclic) bond motifs is 1. The lowest BCUT2D eigenvalue weighted by Gasteiger charge is -2.42. The average molecular weight is 247 g/mol. The lowest BCUT2D eigenvalue weighted by atomic mass is 9.75. The molecule has 0 unspecified atom stereocenters. The highest BCUT2D eigenvalue weighted by atomic mass is 32.1. The first-order valence-electron chi connectivity index (χ1n) is 6.10. The van der Waals surface area contributed by atoms with Crippen molar-refractivity contribution >= 4 is 21.4 Å². The van der Waals surface area contributed by atoms with E-state index in [1.165, 1.54) is 15.6 Å². The van der Waals surface area contributed by atoms with Gasteiger partial charge in [-0.1, -0.05) is 18.2 Å². The van der Waals surface area contributed by atoms with Crippen LogP contribution in [0.2, 0.25) is 0 Å². The highest BCUT2D eigenvalue weighted by Gasteiger charge is 2.41. The summed E-state index contributed by atoms with van der Waals surface area (Å²) in [5, 5.41) is 3.71. The number of nitrogens with two attached hydrogens (primary N) is 1. The highest BCUT2D eigenvalue weighted by Crippen LogP contribution is 2.42. The van der Waals surface area contributed by atoms with Gasteiger partial charge in [0, 0.05) is 10.1 Å². The van der Waals surface area contributed by atoms with Gasteiger partial charge in [-0.2, -0.15) is 0 Å². The van der Waals surface area contributed by atoms with E-state index in [2.05, 4.69) is 29.6 Å². The van der Waals surface area contributed by atoms with Crippen molar-refractivity contribution in [1.29, 1.82) is 0 Å². The lowest BCUT2D eigenvalue weighted by Crippen LogP contribution is -2.46. The molecule has 0 atom stereocenters. The van der Waals surface area contributed by atoms with Crippen molar-refractivity contribution in [2.24, 2.45) is 5.73 Å². The third-order valence-corrected chi connectivity index (χ3v) is 4.63. The Morgan fingerprint density at radius 1 is 1.29 bits per heavy atom. The third-order valence-electron chi connectivity index (χ3n) is 3.67. The van der Waals surface area contributed by atoms with E-state index in [0.29, 0.717) is 0 Å². The van der Waals surface area contributed by atoms with E-state index in [9.17, 15) is 0 Å². The minimum Gasteiger partial charge on any atom is -0.379 e. The molecule has 1 aromatic carbocycles. The van der Waals surface area contributed by atoms with E-state index in [1.54, 1.807) is 0 Å².